The van der Waals surface area contributed by atoms with E-state index in [1.807, 2.05) is 0 Å². The van der Waals surface area contributed by atoms with Gasteiger partial charge in [0.2, 0.25) is 0 Å². The van der Waals surface area contributed by atoms with E-state index in [0.717, 1.165) is 6.33 Å². The lowest BCUT2D eigenvalue weighted by atomic mass is 10.1. The maximum absolute atomic E-state index is 11.6. The van der Waals surface area contributed by atoms with Gasteiger partial charge in [0, 0.05) is 0 Å². The maximum atomic E-state index is 11.6. The molecule has 0 amide bonds. The number of nitrogens with one attached hydrogen (secondary N) is 1. The summed E-state index contributed by atoms with van der Waals surface area (Å²) >= 11 is 0. The number of rotatable bonds is 4. The first-order valence-electron chi connectivity index (χ1n) is 6.40. The number of nitrogens with zero attached hydrogens (tertiary/aromatic N) is 3. The Balaban J connectivity index is -0.000000139. The van der Waals surface area contributed by atoms with E-state index in [0.29, 0.717) is 0 Å². The summed E-state index contributed by atoms with van der Waals surface area (Å²) in [6, 6.07) is 0. The molecule has 4 atom stereocenters. The molecule has 0 bridgehead atoms. The second-order valence-electron chi connectivity index (χ2n) is 4.89. The average molecular weight is 510 g/mol. The number of hydrogen-bond donors (Lipinski definition) is 5. The summed E-state index contributed by atoms with van der Waals surface area (Å²) in [5.74, 6) is 0. The first-order chi connectivity index (χ1) is 10.8. The molecule has 3 heterocycles. The largest absolute Gasteiger partial charge is 0.469 e. The van der Waals surface area contributed by atoms with Crippen LogP contribution in [0.15, 0.2) is 17.4 Å². The number of phosphoric ester groups is 1. The van der Waals surface area contributed by atoms with Gasteiger partial charge in [0.1, 0.15) is 18.3 Å². The molecule has 0 spiro atoms. The van der Waals surface area contributed by atoms with E-state index in [1.54, 1.807) is 0 Å². The molecule has 1 fully saturated rings. The predicted octanol–water partition coefficient (Wildman–Crippen LogP) is -9.57. The van der Waals surface area contributed by atoms with Gasteiger partial charge in [-0.1, -0.05) is 0 Å². The fourth-order valence-electron chi connectivity index (χ4n) is 2.32. The molecular weight excluding hydrogens is 479 g/mol. The van der Waals surface area contributed by atoms with Crippen molar-refractivity contribution in [3.8, 4) is 0 Å². The molecule has 1 aliphatic rings. The van der Waals surface area contributed by atoms with Crippen molar-refractivity contribution in [1.82, 2.24) is 19.5 Å². The minimum absolute atomic E-state index is 0. The molecule has 1 saturated heterocycles. The van der Waals surface area contributed by atoms with E-state index in [9.17, 15) is 19.6 Å². The van der Waals surface area contributed by atoms with Gasteiger partial charge >= 0.3 is 7.82 Å². The van der Waals surface area contributed by atoms with Crippen molar-refractivity contribution in [2.75, 3.05) is 6.61 Å². The predicted molar refractivity (Wildman–Crippen MR) is 105 cm³/mol. The van der Waals surface area contributed by atoms with Crippen molar-refractivity contribution in [1.29, 1.82) is 0 Å². The molecule has 0 radical (unpaired) electrons. The second-order valence-corrected chi connectivity index (χ2v) is 6.13. The number of H-pyrrole nitrogens is 1. The standard InChI is InChI=1S/C10H13N4O8P.9H2O/c15-6-4(1-21-23(18,19)20)22-10(7(6)16)14-3-13-5-8(14)11-2-12-9(5)17;;;;;;;;;/h2-4,6-7,10,15-16H,1H2,(H,11,12,17)(H2,18,19,20);9*1H2/t4-,6-,7-,10-;;;;;;;;;/m1........./s1. The molecule has 32 heavy (non-hydrogen) atoms. The molecule has 2 aromatic rings. The summed E-state index contributed by atoms with van der Waals surface area (Å²) < 4.78 is 21.6. The average Bonchev–Trinajstić information content (AvgIpc) is 3.01. The number of phosphoric acid groups is 1. The molecule has 21 nitrogen and oxygen atoms in total. The zero-order valence-corrected chi connectivity index (χ0v) is 16.8. The lowest BCUT2D eigenvalue weighted by molar-refractivity contribution is -0.0504. The number of ether oxygens (including phenoxy) is 1. The Labute approximate surface area is 176 Å². The highest BCUT2D eigenvalue weighted by atomic mass is 31.2. The smallest absolute Gasteiger partial charge is 0.412 e. The molecule has 198 valence electrons. The SMILES string of the molecule is O.O.O.O.O.O.O.O.O.O=c1[nH]cnc2c1ncn2[C@@H]1O[C@H](COP(=O)(O)O)[C@@H](O)[C@H]1O. The van der Waals surface area contributed by atoms with Crippen molar-refractivity contribution >= 4 is 19.0 Å². The van der Waals surface area contributed by atoms with Crippen LogP contribution in [0, 0.1) is 0 Å². The maximum Gasteiger partial charge on any atom is 0.469 e. The number of hydrogen-bond acceptors (Lipinski definition) is 8. The van der Waals surface area contributed by atoms with Gasteiger partial charge in [-0.3, -0.25) is 13.9 Å². The highest BCUT2D eigenvalue weighted by molar-refractivity contribution is 7.46. The Hall–Kier alpha value is -2.02. The second kappa shape index (κ2) is 17.5. The number of aromatic amines is 1. The molecule has 2 aromatic heterocycles. The quantitative estimate of drug-likeness (QED) is 0.242. The van der Waals surface area contributed by atoms with Crippen molar-refractivity contribution in [3.63, 3.8) is 0 Å². The van der Waals surface area contributed by atoms with Gasteiger partial charge in [0.05, 0.1) is 19.3 Å². The van der Waals surface area contributed by atoms with Crippen molar-refractivity contribution in [3.05, 3.63) is 23.0 Å². The monoisotopic (exact) mass is 510 g/mol. The minimum atomic E-state index is -4.74. The van der Waals surface area contributed by atoms with E-state index < -0.39 is 44.5 Å². The van der Waals surface area contributed by atoms with Crippen molar-refractivity contribution < 1.29 is 83.1 Å². The van der Waals surface area contributed by atoms with Crippen LogP contribution in [0.2, 0.25) is 0 Å². The zero-order valence-electron chi connectivity index (χ0n) is 15.9. The fraction of sp³-hybridized carbons (Fsp3) is 0.500. The lowest BCUT2D eigenvalue weighted by Crippen LogP contribution is -2.33. The van der Waals surface area contributed by atoms with Crippen LogP contribution in [0.3, 0.4) is 0 Å². The Kier molecular flexibility index (Phi) is 26.1. The first-order valence-corrected chi connectivity index (χ1v) is 7.93. The molecule has 22 heteroatoms. The molecule has 0 aliphatic carbocycles. The summed E-state index contributed by atoms with van der Waals surface area (Å²) in [7, 11) is -4.74. The van der Waals surface area contributed by atoms with Gasteiger partial charge in [0.25, 0.3) is 5.56 Å². The van der Waals surface area contributed by atoms with Crippen molar-refractivity contribution in [2.24, 2.45) is 0 Å². The van der Waals surface area contributed by atoms with E-state index in [-0.39, 0.29) is 60.4 Å². The molecule has 23 N–H and O–H groups in total. The van der Waals surface area contributed by atoms with E-state index in [4.69, 9.17) is 14.5 Å². The number of fused-ring (bicyclic) bond motifs is 1. The van der Waals surface area contributed by atoms with Gasteiger partial charge in [-0.2, -0.15) is 0 Å². The van der Waals surface area contributed by atoms with Crippen LogP contribution in [0.5, 0.6) is 0 Å². The first kappa shape index (κ1) is 47.7. The van der Waals surface area contributed by atoms with E-state index >= 15 is 0 Å². The number of aliphatic hydroxyl groups excluding tert-OH is 2. The van der Waals surface area contributed by atoms with Gasteiger partial charge in [-0.25, -0.2) is 14.5 Å². The normalized spacial score (nSPS) is 20.5. The minimum Gasteiger partial charge on any atom is -0.412 e. The molecule has 0 unspecified atom stereocenters. The summed E-state index contributed by atoms with van der Waals surface area (Å²) in [5.41, 5.74) is -0.336. The third-order valence-electron chi connectivity index (χ3n) is 3.38. The highest BCUT2D eigenvalue weighted by Crippen LogP contribution is 2.38. The van der Waals surface area contributed by atoms with Crippen LogP contribution in [0.25, 0.3) is 11.2 Å². The molecule has 1 aliphatic heterocycles. The Morgan fingerprint density at radius 2 is 1.53 bits per heavy atom. The van der Waals surface area contributed by atoms with Gasteiger partial charge in [-0.05, 0) is 0 Å². The lowest BCUT2D eigenvalue weighted by Gasteiger charge is -2.16. The van der Waals surface area contributed by atoms with Crippen LogP contribution < -0.4 is 5.56 Å². The topological polar surface area (TPSA) is 464 Å². The number of aliphatic hydroxyl groups is 2. The fourth-order valence-corrected chi connectivity index (χ4v) is 2.66. The Bertz CT molecular complexity index is 825. The van der Waals surface area contributed by atoms with Crippen LogP contribution in [-0.4, -0.2) is 114 Å². The zero-order chi connectivity index (χ0) is 16.8. The van der Waals surface area contributed by atoms with Crippen LogP contribution in [0.1, 0.15) is 6.23 Å². The summed E-state index contributed by atoms with van der Waals surface area (Å²) in [5, 5.41) is 20.0. The van der Waals surface area contributed by atoms with Crippen LogP contribution in [-0.2, 0) is 13.8 Å². The molecular formula is C10H31N4O17P. The highest BCUT2D eigenvalue weighted by Gasteiger charge is 2.45. The summed E-state index contributed by atoms with van der Waals surface area (Å²) in [4.78, 5) is 39.1. The summed E-state index contributed by atoms with van der Waals surface area (Å²) in [6.45, 7) is -0.625. The van der Waals surface area contributed by atoms with Gasteiger partial charge < -0.3 is 79.0 Å². The van der Waals surface area contributed by atoms with Gasteiger partial charge in [0.15, 0.2) is 17.4 Å². The van der Waals surface area contributed by atoms with Crippen LogP contribution >= 0.6 is 7.82 Å². The number of imidazole rings is 1. The molecule has 3 rings (SSSR count). The van der Waals surface area contributed by atoms with E-state index in [1.165, 1.54) is 10.9 Å². The summed E-state index contributed by atoms with van der Waals surface area (Å²) in [6.07, 6.45) is -2.85. The molecule has 0 saturated carbocycles. The van der Waals surface area contributed by atoms with Gasteiger partial charge in [-0.15, -0.1) is 0 Å². The molecule has 0 aromatic carbocycles. The van der Waals surface area contributed by atoms with Crippen LogP contribution in [0.4, 0.5) is 0 Å². The van der Waals surface area contributed by atoms with E-state index in [2.05, 4.69) is 19.5 Å². The third kappa shape index (κ3) is 9.23. The Morgan fingerprint density at radius 1 is 1.00 bits per heavy atom. The number of aromatic nitrogens is 4. The van der Waals surface area contributed by atoms with Crippen molar-refractivity contribution in [2.45, 2.75) is 24.5 Å². The third-order valence-corrected chi connectivity index (χ3v) is 3.87. The Morgan fingerprint density at radius 3 is 2.03 bits per heavy atom.